The zero-order chi connectivity index (χ0) is 19.8. The molecule has 27 heavy (non-hydrogen) atoms. The van der Waals surface area contributed by atoms with Crippen molar-refractivity contribution in [1.29, 1.82) is 0 Å². The minimum absolute atomic E-state index is 0.0770. The molecule has 0 aliphatic rings. The summed E-state index contributed by atoms with van der Waals surface area (Å²) in [6.07, 6.45) is -1.02. The SMILES string of the molecule is COc1ccc(CNC(=O)[C@@H](C)OC(=O)c2ccc(OC(F)F)cc2)cc1. The van der Waals surface area contributed by atoms with E-state index in [1.165, 1.54) is 31.2 Å². The van der Waals surface area contributed by atoms with E-state index in [1.54, 1.807) is 31.4 Å². The van der Waals surface area contributed by atoms with Crippen LogP contribution in [0.15, 0.2) is 48.5 Å². The molecule has 0 unspecified atom stereocenters. The first-order chi connectivity index (χ1) is 12.9. The maximum atomic E-state index is 12.1. The fourth-order valence-electron chi connectivity index (χ4n) is 2.13. The maximum Gasteiger partial charge on any atom is 0.387 e. The largest absolute Gasteiger partial charge is 0.497 e. The summed E-state index contributed by atoms with van der Waals surface area (Å²) < 4.78 is 38.6. The van der Waals surface area contributed by atoms with Crippen molar-refractivity contribution in [3.8, 4) is 11.5 Å². The Hall–Kier alpha value is -3.16. The number of carbonyl (C=O) groups excluding carboxylic acids is 2. The van der Waals surface area contributed by atoms with E-state index < -0.39 is 24.6 Å². The van der Waals surface area contributed by atoms with Crippen LogP contribution in [0.2, 0.25) is 0 Å². The van der Waals surface area contributed by atoms with Crippen LogP contribution < -0.4 is 14.8 Å². The summed E-state index contributed by atoms with van der Waals surface area (Å²) in [6, 6.07) is 12.1. The third-order valence-electron chi connectivity index (χ3n) is 3.59. The zero-order valence-electron chi connectivity index (χ0n) is 14.8. The standard InChI is InChI=1S/C19H19F2NO5/c1-12(17(23)22-11-13-3-7-15(25-2)8-4-13)26-18(24)14-5-9-16(10-6-14)27-19(20)21/h3-10,12,19H,11H2,1-2H3,(H,22,23)/t12-/m1/s1. The Morgan fingerprint density at radius 1 is 1.00 bits per heavy atom. The van der Waals surface area contributed by atoms with Crippen LogP contribution in [0.3, 0.4) is 0 Å². The topological polar surface area (TPSA) is 73.9 Å². The Bertz CT molecular complexity index is 763. The van der Waals surface area contributed by atoms with E-state index in [0.29, 0.717) is 5.75 Å². The molecule has 0 aliphatic carbocycles. The van der Waals surface area contributed by atoms with Crippen molar-refractivity contribution in [2.75, 3.05) is 7.11 Å². The van der Waals surface area contributed by atoms with Crippen molar-refractivity contribution in [2.24, 2.45) is 0 Å². The molecule has 0 spiro atoms. The number of rotatable bonds is 8. The van der Waals surface area contributed by atoms with Gasteiger partial charge in [-0.05, 0) is 48.9 Å². The number of carbonyl (C=O) groups is 2. The van der Waals surface area contributed by atoms with Crippen LogP contribution in [0.25, 0.3) is 0 Å². The van der Waals surface area contributed by atoms with Crippen molar-refractivity contribution in [1.82, 2.24) is 5.32 Å². The monoisotopic (exact) mass is 379 g/mol. The highest BCUT2D eigenvalue weighted by molar-refractivity contribution is 5.92. The van der Waals surface area contributed by atoms with Crippen LogP contribution in [0, 0.1) is 0 Å². The predicted octanol–water partition coefficient (Wildman–Crippen LogP) is 3.16. The van der Waals surface area contributed by atoms with Crippen LogP contribution in [0.1, 0.15) is 22.8 Å². The van der Waals surface area contributed by atoms with Crippen LogP contribution in [-0.2, 0) is 16.1 Å². The molecule has 2 aromatic rings. The number of amides is 1. The summed E-state index contributed by atoms with van der Waals surface area (Å²) in [5, 5.41) is 2.66. The zero-order valence-corrected chi connectivity index (χ0v) is 14.8. The molecule has 1 atom stereocenters. The first-order valence-corrected chi connectivity index (χ1v) is 8.05. The lowest BCUT2D eigenvalue weighted by molar-refractivity contribution is -0.129. The van der Waals surface area contributed by atoms with Gasteiger partial charge in [0.25, 0.3) is 5.91 Å². The van der Waals surface area contributed by atoms with E-state index in [9.17, 15) is 18.4 Å². The molecule has 2 rings (SSSR count). The molecule has 0 fully saturated rings. The van der Waals surface area contributed by atoms with Crippen LogP contribution >= 0.6 is 0 Å². The summed E-state index contributed by atoms with van der Waals surface area (Å²) >= 11 is 0. The maximum absolute atomic E-state index is 12.1. The summed E-state index contributed by atoms with van der Waals surface area (Å²) in [5.41, 5.74) is 0.976. The van der Waals surface area contributed by atoms with E-state index >= 15 is 0 Å². The fraction of sp³-hybridized carbons (Fsp3) is 0.263. The van der Waals surface area contributed by atoms with Gasteiger partial charge in [0.05, 0.1) is 12.7 Å². The molecule has 0 heterocycles. The molecule has 6 nitrogen and oxygen atoms in total. The van der Waals surface area contributed by atoms with Crippen LogP contribution in [0.4, 0.5) is 8.78 Å². The van der Waals surface area contributed by atoms with Crippen molar-refractivity contribution < 1.29 is 32.6 Å². The number of alkyl halides is 2. The molecule has 0 aliphatic heterocycles. The van der Waals surface area contributed by atoms with Crippen LogP contribution in [0.5, 0.6) is 11.5 Å². The molecular weight excluding hydrogens is 360 g/mol. The minimum Gasteiger partial charge on any atom is -0.497 e. The smallest absolute Gasteiger partial charge is 0.387 e. The third kappa shape index (κ3) is 6.25. The number of hydrogen-bond acceptors (Lipinski definition) is 5. The van der Waals surface area contributed by atoms with Gasteiger partial charge < -0.3 is 19.5 Å². The van der Waals surface area contributed by atoms with Gasteiger partial charge in [0, 0.05) is 6.54 Å². The average molecular weight is 379 g/mol. The molecule has 0 saturated heterocycles. The van der Waals surface area contributed by atoms with Gasteiger partial charge in [-0.2, -0.15) is 8.78 Å². The Kier molecular flexibility index (Phi) is 7.10. The van der Waals surface area contributed by atoms with E-state index in [-0.39, 0.29) is 17.9 Å². The van der Waals surface area contributed by atoms with Crippen molar-refractivity contribution in [3.05, 3.63) is 59.7 Å². The molecule has 0 radical (unpaired) electrons. The molecule has 144 valence electrons. The van der Waals surface area contributed by atoms with Gasteiger partial charge in [-0.1, -0.05) is 12.1 Å². The lowest BCUT2D eigenvalue weighted by atomic mass is 10.2. The van der Waals surface area contributed by atoms with E-state index in [1.807, 2.05) is 0 Å². The third-order valence-corrected chi connectivity index (χ3v) is 3.59. The molecular formula is C19H19F2NO5. The quantitative estimate of drug-likeness (QED) is 0.714. The van der Waals surface area contributed by atoms with Gasteiger partial charge in [-0.25, -0.2) is 4.79 Å². The van der Waals surface area contributed by atoms with Crippen LogP contribution in [-0.4, -0.2) is 31.7 Å². The minimum atomic E-state index is -2.95. The molecule has 0 aromatic heterocycles. The van der Waals surface area contributed by atoms with E-state index in [4.69, 9.17) is 9.47 Å². The lowest BCUT2D eigenvalue weighted by Crippen LogP contribution is -2.35. The Morgan fingerprint density at radius 3 is 2.15 bits per heavy atom. The second kappa shape index (κ2) is 9.51. The Balaban J connectivity index is 1.84. The highest BCUT2D eigenvalue weighted by Crippen LogP contribution is 2.16. The Labute approximate surface area is 155 Å². The fourth-order valence-corrected chi connectivity index (χ4v) is 2.13. The number of nitrogens with one attached hydrogen (secondary N) is 1. The van der Waals surface area contributed by atoms with E-state index in [0.717, 1.165) is 5.56 Å². The van der Waals surface area contributed by atoms with Crippen molar-refractivity contribution in [3.63, 3.8) is 0 Å². The number of esters is 1. The summed E-state index contributed by atoms with van der Waals surface area (Å²) in [5.74, 6) is -0.577. The lowest BCUT2D eigenvalue weighted by Gasteiger charge is -2.14. The van der Waals surface area contributed by atoms with Gasteiger partial charge in [0.2, 0.25) is 0 Å². The average Bonchev–Trinajstić information content (AvgIpc) is 2.66. The normalized spacial score (nSPS) is 11.6. The molecule has 0 saturated carbocycles. The molecule has 2 aromatic carbocycles. The van der Waals surface area contributed by atoms with Gasteiger partial charge >= 0.3 is 12.6 Å². The van der Waals surface area contributed by atoms with Gasteiger partial charge in [0.15, 0.2) is 6.10 Å². The number of ether oxygens (including phenoxy) is 3. The van der Waals surface area contributed by atoms with E-state index in [2.05, 4.69) is 10.1 Å². The summed E-state index contributed by atoms with van der Waals surface area (Å²) in [4.78, 5) is 24.1. The molecule has 8 heteroatoms. The highest BCUT2D eigenvalue weighted by atomic mass is 19.3. The highest BCUT2D eigenvalue weighted by Gasteiger charge is 2.19. The molecule has 0 bridgehead atoms. The van der Waals surface area contributed by atoms with Crippen molar-refractivity contribution >= 4 is 11.9 Å². The first kappa shape index (κ1) is 20.2. The number of benzene rings is 2. The first-order valence-electron chi connectivity index (χ1n) is 8.05. The second-order valence-corrected chi connectivity index (χ2v) is 5.52. The number of methoxy groups -OCH3 is 1. The second-order valence-electron chi connectivity index (χ2n) is 5.52. The Morgan fingerprint density at radius 2 is 1.59 bits per heavy atom. The summed E-state index contributed by atoms with van der Waals surface area (Å²) in [7, 11) is 1.56. The summed E-state index contributed by atoms with van der Waals surface area (Å²) in [6.45, 7) is -1.24. The predicted molar refractivity (Wildman–Crippen MR) is 92.8 cm³/mol. The van der Waals surface area contributed by atoms with Gasteiger partial charge in [-0.15, -0.1) is 0 Å². The number of halogens is 2. The van der Waals surface area contributed by atoms with Crippen molar-refractivity contribution in [2.45, 2.75) is 26.2 Å². The molecule has 1 N–H and O–H groups in total. The van der Waals surface area contributed by atoms with Gasteiger partial charge in [-0.3, -0.25) is 4.79 Å². The van der Waals surface area contributed by atoms with Gasteiger partial charge in [0.1, 0.15) is 11.5 Å². The molecule has 1 amide bonds. The number of hydrogen-bond donors (Lipinski definition) is 1.